The fourth-order valence-corrected chi connectivity index (χ4v) is 2.45. The van der Waals surface area contributed by atoms with Gasteiger partial charge in [-0.1, -0.05) is 33.2 Å². The Balaban J connectivity index is 1.82. The van der Waals surface area contributed by atoms with E-state index < -0.39 is 5.91 Å². The molecule has 3 aromatic rings. The van der Waals surface area contributed by atoms with E-state index in [9.17, 15) is 9.90 Å². The Morgan fingerprint density at radius 2 is 2.08 bits per heavy atom. The van der Waals surface area contributed by atoms with E-state index in [1.165, 1.54) is 12.1 Å². The number of aromatic nitrogens is 1. The van der Waals surface area contributed by atoms with E-state index in [2.05, 4.69) is 26.4 Å². The van der Waals surface area contributed by atoms with Gasteiger partial charge in [0.05, 0.1) is 12.8 Å². The molecule has 24 heavy (non-hydrogen) atoms. The Labute approximate surface area is 146 Å². The first kappa shape index (κ1) is 16.1. The van der Waals surface area contributed by atoms with Gasteiger partial charge in [0.15, 0.2) is 11.5 Å². The summed E-state index contributed by atoms with van der Waals surface area (Å²) >= 11 is 3.28. The molecule has 0 unspecified atom stereocenters. The fourth-order valence-electron chi connectivity index (χ4n) is 2.09. The highest BCUT2D eigenvalue weighted by atomic mass is 79.9. The number of ether oxygens (including phenoxy) is 1. The second-order valence-electron chi connectivity index (χ2n) is 4.92. The Morgan fingerprint density at radius 3 is 2.88 bits per heavy atom. The number of anilines is 1. The number of amides is 1. The third-order valence-corrected chi connectivity index (χ3v) is 3.80. The molecular formula is C17H13BrN2O4. The predicted octanol–water partition coefficient (Wildman–Crippen LogP) is 4.07. The summed E-state index contributed by atoms with van der Waals surface area (Å²) in [5.74, 6) is 0.593. The van der Waals surface area contributed by atoms with E-state index in [-0.39, 0.29) is 17.1 Å². The topological polar surface area (TPSA) is 84.6 Å². The molecular weight excluding hydrogens is 376 g/mol. The first-order chi connectivity index (χ1) is 11.6. The molecule has 0 aliphatic heterocycles. The number of phenolic OH excluding ortho intramolecular Hbond substituents is 1. The zero-order valence-corrected chi connectivity index (χ0v) is 14.2. The minimum atomic E-state index is -0.485. The quantitative estimate of drug-likeness (QED) is 0.658. The molecule has 2 N–H and O–H groups in total. The van der Waals surface area contributed by atoms with Crippen molar-refractivity contribution in [1.82, 2.24) is 5.16 Å². The lowest BCUT2D eigenvalue weighted by atomic mass is 10.1. The van der Waals surface area contributed by atoms with Gasteiger partial charge < -0.3 is 19.7 Å². The van der Waals surface area contributed by atoms with Crippen LogP contribution in [0, 0.1) is 0 Å². The zero-order valence-electron chi connectivity index (χ0n) is 12.6. The minimum absolute atomic E-state index is 0.0388. The van der Waals surface area contributed by atoms with Crippen LogP contribution in [0.25, 0.3) is 11.3 Å². The smallest absolute Gasteiger partial charge is 0.277 e. The molecule has 0 radical (unpaired) electrons. The van der Waals surface area contributed by atoms with Crippen molar-refractivity contribution in [3.63, 3.8) is 0 Å². The van der Waals surface area contributed by atoms with Crippen LogP contribution in [0.2, 0.25) is 0 Å². The summed E-state index contributed by atoms with van der Waals surface area (Å²) in [4.78, 5) is 12.3. The van der Waals surface area contributed by atoms with Crippen LogP contribution in [0.4, 0.5) is 5.69 Å². The fraction of sp³-hybridized carbons (Fsp3) is 0.0588. The molecule has 1 amide bonds. The van der Waals surface area contributed by atoms with Crippen LogP contribution in [0.5, 0.6) is 11.5 Å². The number of halogens is 1. The molecule has 3 rings (SSSR count). The molecule has 0 spiro atoms. The summed E-state index contributed by atoms with van der Waals surface area (Å²) in [6.45, 7) is 0. The maximum atomic E-state index is 12.3. The number of carbonyl (C=O) groups is 1. The van der Waals surface area contributed by atoms with Crippen molar-refractivity contribution in [2.75, 3.05) is 12.4 Å². The van der Waals surface area contributed by atoms with Crippen LogP contribution in [-0.4, -0.2) is 23.3 Å². The van der Waals surface area contributed by atoms with Crippen molar-refractivity contribution < 1.29 is 19.2 Å². The summed E-state index contributed by atoms with van der Waals surface area (Å²) in [5.41, 5.74) is 1.12. The molecule has 0 atom stereocenters. The van der Waals surface area contributed by atoms with Gasteiger partial charge in [0.2, 0.25) is 0 Å². The van der Waals surface area contributed by atoms with Gasteiger partial charge in [-0.15, -0.1) is 0 Å². The van der Waals surface area contributed by atoms with Gasteiger partial charge in [-0.2, -0.15) is 0 Å². The van der Waals surface area contributed by atoms with Crippen molar-refractivity contribution in [1.29, 1.82) is 0 Å². The van der Waals surface area contributed by atoms with E-state index >= 15 is 0 Å². The van der Waals surface area contributed by atoms with Crippen molar-refractivity contribution in [3.8, 4) is 22.8 Å². The number of aromatic hydroxyl groups is 1. The predicted molar refractivity (Wildman–Crippen MR) is 92.3 cm³/mol. The number of hydrogen-bond donors (Lipinski definition) is 2. The third kappa shape index (κ3) is 3.41. The van der Waals surface area contributed by atoms with E-state index in [4.69, 9.17) is 9.26 Å². The molecule has 0 saturated heterocycles. The number of methoxy groups -OCH3 is 1. The number of phenols is 1. The second-order valence-corrected chi connectivity index (χ2v) is 5.84. The highest BCUT2D eigenvalue weighted by molar-refractivity contribution is 9.10. The largest absolute Gasteiger partial charge is 0.506 e. The van der Waals surface area contributed by atoms with Crippen LogP contribution >= 0.6 is 15.9 Å². The van der Waals surface area contributed by atoms with Crippen LogP contribution in [0.3, 0.4) is 0 Å². The number of hydrogen-bond acceptors (Lipinski definition) is 5. The number of nitrogens with zero attached hydrogens (tertiary/aromatic N) is 1. The Kier molecular flexibility index (Phi) is 4.52. The summed E-state index contributed by atoms with van der Waals surface area (Å²) in [7, 11) is 1.57. The van der Waals surface area contributed by atoms with Crippen LogP contribution in [0.1, 0.15) is 10.5 Å². The summed E-state index contributed by atoms with van der Waals surface area (Å²) < 4.78 is 11.1. The minimum Gasteiger partial charge on any atom is -0.506 e. The Hall–Kier alpha value is -2.80. The van der Waals surface area contributed by atoms with Gasteiger partial charge in [-0.3, -0.25) is 4.79 Å². The third-order valence-electron chi connectivity index (χ3n) is 3.30. The van der Waals surface area contributed by atoms with E-state index in [0.29, 0.717) is 11.5 Å². The zero-order chi connectivity index (χ0) is 17.1. The molecule has 0 aliphatic rings. The van der Waals surface area contributed by atoms with Crippen molar-refractivity contribution in [2.24, 2.45) is 0 Å². The van der Waals surface area contributed by atoms with Gasteiger partial charge in [0.1, 0.15) is 11.5 Å². The first-order valence-electron chi connectivity index (χ1n) is 6.98. The number of rotatable bonds is 4. The van der Waals surface area contributed by atoms with Crippen molar-refractivity contribution in [3.05, 3.63) is 58.7 Å². The van der Waals surface area contributed by atoms with Crippen LogP contribution in [-0.2, 0) is 0 Å². The molecule has 7 heteroatoms. The average Bonchev–Trinajstić information content (AvgIpc) is 3.08. The molecule has 1 heterocycles. The van der Waals surface area contributed by atoms with E-state index in [1.54, 1.807) is 25.3 Å². The number of benzene rings is 2. The lowest BCUT2D eigenvalue weighted by Gasteiger charge is -2.05. The maximum absolute atomic E-state index is 12.3. The normalized spacial score (nSPS) is 10.4. The molecule has 0 aliphatic carbocycles. The molecule has 2 aromatic carbocycles. The molecule has 0 saturated carbocycles. The summed E-state index contributed by atoms with van der Waals surface area (Å²) in [5, 5.41) is 16.1. The van der Waals surface area contributed by atoms with Gasteiger partial charge in [0, 0.05) is 16.1 Å². The monoisotopic (exact) mass is 388 g/mol. The van der Waals surface area contributed by atoms with Gasteiger partial charge in [0.25, 0.3) is 5.91 Å². The van der Waals surface area contributed by atoms with Crippen molar-refractivity contribution >= 4 is 27.5 Å². The highest BCUT2D eigenvalue weighted by Gasteiger charge is 2.15. The molecule has 0 bridgehead atoms. The maximum Gasteiger partial charge on any atom is 0.277 e. The number of carbonyl (C=O) groups excluding carboxylic acids is 1. The van der Waals surface area contributed by atoms with E-state index in [0.717, 1.165) is 10.0 Å². The summed E-state index contributed by atoms with van der Waals surface area (Å²) in [6, 6.07) is 13.5. The van der Waals surface area contributed by atoms with Gasteiger partial charge in [-0.25, -0.2) is 0 Å². The van der Waals surface area contributed by atoms with Crippen LogP contribution in [0.15, 0.2) is 57.5 Å². The molecule has 0 fully saturated rings. The standard InChI is InChI=1S/C17H13BrN2O4/c1-23-12-4-2-3-10(7-12)16-9-14(20-24-16)17(22)19-13-8-11(18)5-6-15(13)21/h2-9,21H,1H3,(H,19,22). The molecule has 6 nitrogen and oxygen atoms in total. The van der Waals surface area contributed by atoms with Gasteiger partial charge >= 0.3 is 0 Å². The second kappa shape index (κ2) is 6.76. The number of nitrogens with one attached hydrogen (secondary N) is 1. The first-order valence-corrected chi connectivity index (χ1v) is 7.77. The molecule has 1 aromatic heterocycles. The Morgan fingerprint density at radius 1 is 1.25 bits per heavy atom. The lowest BCUT2D eigenvalue weighted by molar-refractivity contribution is 0.101. The Bertz CT molecular complexity index is 892. The SMILES string of the molecule is COc1cccc(-c2cc(C(=O)Nc3cc(Br)ccc3O)no2)c1. The highest BCUT2D eigenvalue weighted by Crippen LogP contribution is 2.28. The van der Waals surface area contributed by atoms with Gasteiger partial charge in [-0.05, 0) is 30.3 Å². The lowest BCUT2D eigenvalue weighted by Crippen LogP contribution is -2.12. The van der Waals surface area contributed by atoms with Crippen molar-refractivity contribution in [2.45, 2.75) is 0 Å². The van der Waals surface area contributed by atoms with Crippen LogP contribution < -0.4 is 10.1 Å². The average molecular weight is 389 g/mol. The summed E-state index contributed by atoms with van der Waals surface area (Å²) in [6.07, 6.45) is 0. The molecule has 122 valence electrons. The van der Waals surface area contributed by atoms with E-state index in [1.807, 2.05) is 18.2 Å².